The molecular weight excluding hydrogens is 675 g/mol. The van der Waals surface area contributed by atoms with Gasteiger partial charge in [0.15, 0.2) is 0 Å². The maximum absolute atomic E-state index is 2.81. The fourth-order valence-electron chi connectivity index (χ4n) is 11.4. The second-order valence-corrected chi connectivity index (χ2v) is 17.1. The fourth-order valence-corrected chi connectivity index (χ4v) is 11.4. The van der Waals surface area contributed by atoms with Gasteiger partial charge in [-0.15, -0.1) is 0 Å². The third kappa shape index (κ3) is 5.73. The van der Waals surface area contributed by atoms with Gasteiger partial charge >= 0.3 is 0 Å². The van der Waals surface area contributed by atoms with E-state index in [9.17, 15) is 0 Å². The summed E-state index contributed by atoms with van der Waals surface area (Å²) in [4.78, 5) is 2.81. The number of nitrogens with zero attached hydrogens (tertiary/aromatic N) is 1. The molecule has 8 aliphatic rings. The molecule has 1 heteroatoms. The van der Waals surface area contributed by atoms with Crippen LogP contribution >= 0.6 is 0 Å². The molecule has 0 fully saturated rings. The van der Waals surface area contributed by atoms with Gasteiger partial charge in [-0.3, -0.25) is 0 Å². The summed E-state index contributed by atoms with van der Waals surface area (Å²) in [6.45, 7) is 0. The Bertz CT molecular complexity index is 2410. The zero-order valence-corrected chi connectivity index (χ0v) is 32.4. The topological polar surface area (TPSA) is 3.24 Å². The molecule has 11 rings (SSSR count). The van der Waals surface area contributed by atoms with Crippen LogP contribution in [0.3, 0.4) is 0 Å². The van der Waals surface area contributed by atoms with Crippen molar-refractivity contribution in [1.82, 2.24) is 4.90 Å². The highest BCUT2D eigenvalue weighted by Crippen LogP contribution is 2.56. The summed E-state index contributed by atoms with van der Waals surface area (Å²) in [6, 6.07) is 28.4. The number of benzene rings is 3. The Balaban J connectivity index is 1.02. The van der Waals surface area contributed by atoms with E-state index in [4.69, 9.17) is 0 Å². The number of allylic oxidation sites excluding steroid dienone is 18. The second-order valence-electron chi connectivity index (χ2n) is 17.1. The normalized spacial score (nSPS) is 28.5. The van der Waals surface area contributed by atoms with Crippen LogP contribution in [-0.2, 0) is 0 Å². The second kappa shape index (κ2) is 14.3. The largest absolute Gasteiger partial charge is 0.337 e. The average molecular weight is 726 g/mol. The molecule has 6 atom stereocenters. The molecule has 7 aliphatic carbocycles. The molecule has 0 N–H and O–H groups in total. The number of fused-ring (bicyclic) bond motifs is 6. The van der Waals surface area contributed by atoms with Crippen LogP contribution in [0.5, 0.6) is 0 Å². The van der Waals surface area contributed by atoms with Gasteiger partial charge in [-0.2, -0.15) is 0 Å². The maximum Gasteiger partial charge on any atom is 0.0632 e. The van der Waals surface area contributed by atoms with E-state index in [2.05, 4.69) is 169 Å². The third-order valence-electron chi connectivity index (χ3n) is 14.1. The molecule has 0 spiro atoms. The lowest BCUT2D eigenvalue weighted by Gasteiger charge is -2.41. The summed E-state index contributed by atoms with van der Waals surface area (Å²) in [5.74, 6) is 2.11. The van der Waals surface area contributed by atoms with Crippen molar-refractivity contribution < 1.29 is 0 Å². The Morgan fingerprint density at radius 1 is 0.607 bits per heavy atom. The molecule has 0 saturated carbocycles. The molecule has 0 aromatic heterocycles. The SMILES string of the molecule is C1=CCC(c2ccc(C3CCC4=C(c5ccc(-c6ccccc6)cc53)C3C5=C(CCC=C5)N(C5=C6C=CCCC6C(C6=CCCC=C6)C=C5)C3C=C4)cc2)C=C1. The Morgan fingerprint density at radius 2 is 1.46 bits per heavy atom. The Hall–Kier alpha value is -5.40. The molecule has 3 aromatic carbocycles. The van der Waals surface area contributed by atoms with Crippen LogP contribution in [0.4, 0.5) is 0 Å². The van der Waals surface area contributed by atoms with Crippen LogP contribution in [0.25, 0.3) is 16.7 Å². The van der Waals surface area contributed by atoms with Crippen molar-refractivity contribution in [3.05, 3.63) is 220 Å². The molecule has 1 heterocycles. The van der Waals surface area contributed by atoms with Crippen LogP contribution in [0.1, 0.15) is 91.9 Å². The lowest BCUT2D eigenvalue weighted by molar-refractivity contribution is 0.349. The fraction of sp³-hybridized carbons (Fsp3) is 0.273. The Kier molecular flexibility index (Phi) is 8.64. The maximum atomic E-state index is 2.81. The molecule has 0 amide bonds. The molecule has 3 aromatic rings. The zero-order chi connectivity index (χ0) is 37.0. The molecule has 1 nitrogen and oxygen atoms in total. The number of hydrogen-bond acceptors (Lipinski definition) is 1. The van der Waals surface area contributed by atoms with Gasteiger partial charge in [-0.05, 0) is 137 Å². The van der Waals surface area contributed by atoms with E-state index in [1.165, 1.54) is 75.9 Å². The molecule has 0 bridgehead atoms. The third-order valence-corrected chi connectivity index (χ3v) is 14.1. The lowest BCUT2D eigenvalue weighted by atomic mass is 9.71. The van der Waals surface area contributed by atoms with Crippen LogP contribution in [0.15, 0.2) is 198 Å². The first-order valence-corrected chi connectivity index (χ1v) is 21.5. The van der Waals surface area contributed by atoms with Crippen LogP contribution in [-0.4, -0.2) is 10.9 Å². The van der Waals surface area contributed by atoms with Gasteiger partial charge in [0, 0.05) is 35.1 Å². The first-order valence-electron chi connectivity index (χ1n) is 21.5. The summed E-state index contributed by atoms with van der Waals surface area (Å²) in [5.41, 5.74) is 19.1. The van der Waals surface area contributed by atoms with Crippen LogP contribution < -0.4 is 0 Å². The summed E-state index contributed by atoms with van der Waals surface area (Å²) in [7, 11) is 0. The van der Waals surface area contributed by atoms with Crippen molar-refractivity contribution in [2.45, 2.75) is 75.7 Å². The Morgan fingerprint density at radius 3 is 2.32 bits per heavy atom. The summed E-state index contributed by atoms with van der Waals surface area (Å²) >= 11 is 0. The van der Waals surface area contributed by atoms with E-state index in [0.29, 0.717) is 29.6 Å². The predicted octanol–water partition coefficient (Wildman–Crippen LogP) is 13.8. The smallest absolute Gasteiger partial charge is 0.0632 e. The molecule has 6 unspecified atom stereocenters. The van der Waals surface area contributed by atoms with Crippen molar-refractivity contribution in [1.29, 1.82) is 0 Å². The van der Waals surface area contributed by atoms with Gasteiger partial charge < -0.3 is 4.90 Å². The zero-order valence-electron chi connectivity index (χ0n) is 32.4. The molecule has 56 heavy (non-hydrogen) atoms. The summed E-state index contributed by atoms with van der Waals surface area (Å²) in [6.07, 6.45) is 46.7. The molecule has 0 radical (unpaired) electrons. The summed E-state index contributed by atoms with van der Waals surface area (Å²) in [5, 5.41) is 0. The van der Waals surface area contributed by atoms with E-state index < -0.39 is 0 Å². The Labute approximate surface area is 333 Å². The van der Waals surface area contributed by atoms with Gasteiger partial charge in [0.05, 0.1) is 6.04 Å². The van der Waals surface area contributed by atoms with Crippen molar-refractivity contribution in [2.75, 3.05) is 0 Å². The van der Waals surface area contributed by atoms with Crippen molar-refractivity contribution in [3.63, 3.8) is 0 Å². The molecule has 1 aliphatic heterocycles. The van der Waals surface area contributed by atoms with Gasteiger partial charge in [-0.25, -0.2) is 0 Å². The highest BCUT2D eigenvalue weighted by atomic mass is 15.2. The minimum atomic E-state index is 0.269. The highest BCUT2D eigenvalue weighted by molar-refractivity contribution is 5.84. The first-order chi connectivity index (χ1) is 27.8. The predicted molar refractivity (Wildman–Crippen MR) is 234 cm³/mol. The summed E-state index contributed by atoms with van der Waals surface area (Å²) < 4.78 is 0. The first kappa shape index (κ1) is 33.9. The lowest BCUT2D eigenvalue weighted by Crippen LogP contribution is -2.36. The van der Waals surface area contributed by atoms with E-state index in [0.717, 1.165) is 32.1 Å². The quantitative estimate of drug-likeness (QED) is 0.253. The van der Waals surface area contributed by atoms with Crippen molar-refractivity contribution >= 4 is 5.57 Å². The monoisotopic (exact) mass is 725 g/mol. The van der Waals surface area contributed by atoms with Crippen LogP contribution in [0, 0.1) is 17.8 Å². The number of hydrogen-bond donors (Lipinski definition) is 0. The van der Waals surface area contributed by atoms with Crippen molar-refractivity contribution in [2.24, 2.45) is 17.8 Å². The van der Waals surface area contributed by atoms with E-state index >= 15 is 0 Å². The van der Waals surface area contributed by atoms with Gasteiger partial charge in [-0.1, -0.05) is 152 Å². The number of rotatable bonds is 5. The molecular formula is C55H51N. The van der Waals surface area contributed by atoms with Gasteiger partial charge in [0.25, 0.3) is 0 Å². The van der Waals surface area contributed by atoms with E-state index in [1.54, 1.807) is 22.4 Å². The van der Waals surface area contributed by atoms with Gasteiger partial charge in [0.2, 0.25) is 0 Å². The molecule has 276 valence electrons. The van der Waals surface area contributed by atoms with Crippen molar-refractivity contribution in [3.8, 4) is 11.1 Å². The standard InChI is InChI=1S/C55H51N/c1-4-14-37(15-5-1)39-24-26-41(27-25-39)45-31-28-42-30-34-53-55(54(42)48-32-29-43(36-50(45)48)38-16-6-2-7-17-38)49-22-12-13-23-51(49)56(53)52-35-33-44(40-18-8-3-9-19-40)46-20-10-11-21-47(46)52/h1-2,4-8,11-12,14,16-19,21-22,24-27,29-30,32-37,44-46,53,55H,3,9-10,13,15,20,23,28,31H2. The average Bonchev–Trinajstić information content (AvgIpc) is 3.51. The van der Waals surface area contributed by atoms with E-state index in [1.807, 2.05) is 0 Å². The highest BCUT2D eigenvalue weighted by Gasteiger charge is 2.47. The molecule has 0 saturated heterocycles. The van der Waals surface area contributed by atoms with Gasteiger partial charge in [0.1, 0.15) is 0 Å². The van der Waals surface area contributed by atoms with E-state index in [-0.39, 0.29) is 6.04 Å². The van der Waals surface area contributed by atoms with Crippen LogP contribution in [0.2, 0.25) is 0 Å². The minimum Gasteiger partial charge on any atom is -0.337 e. The minimum absolute atomic E-state index is 0.269.